The van der Waals surface area contributed by atoms with Crippen LogP contribution in [0.15, 0.2) is 121 Å². The predicted molar refractivity (Wildman–Crippen MR) is 177 cm³/mol. The molecule has 4 aromatic carbocycles. The van der Waals surface area contributed by atoms with Crippen LogP contribution in [0.4, 0.5) is 4.79 Å². The Balaban J connectivity index is 1.56. The molecule has 0 aromatic heterocycles. The number of hydrogen-bond donors (Lipinski definition) is 4. The van der Waals surface area contributed by atoms with Crippen LogP contribution in [-0.4, -0.2) is 50.1 Å². The second kappa shape index (κ2) is 17.2. The summed E-state index contributed by atoms with van der Waals surface area (Å²) in [6, 6.07) is 37.6. The van der Waals surface area contributed by atoms with Gasteiger partial charge in [-0.15, -0.1) is 0 Å². The van der Waals surface area contributed by atoms with Gasteiger partial charge in [-0.1, -0.05) is 121 Å². The van der Waals surface area contributed by atoms with Crippen molar-refractivity contribution in [1.82, 2.24) is 21.3 Å². The highest BCUT2D eigenvalue weighted by molar-refractivity contribution is 5.92. The quantitative estimate of drug-likeness (QED) is 0.115. The van der Waals surface area contributed by atoms with E-state index in [0.29, 0.717) is 12.8 Å². The largest absolute Gasteiger partial charge is 0.453 e. The third-order valence-electron chi connectivity index (χ3n) is 7.58. The van der Waals surface area contributed by atoms with Gasteiger partial charge in [-0.25, -0.2) is 4.79 Å². The molecule has 0 saturated heterocycles. The fraction of sp³-hybridized carbons (Fsp3) is 0.243. The van der Waals surface area contributed by atoms with Gasteiger partial charge in [-0.2, -0.15) is 0 Å². The van der Waals surface area contributed by atoms with E-state index >= 15 is 0 Å². The summed E-state index contributed by atoms with van der Waals surface area (Å²) in [4.78, 5) is 51.8. The van der Waals surface area contributed by atoms with Crippen molar-refractivity contribution >= 4 is 23.8 Å². The minimum absolute atomic E-state index is 0.0813. The number of nitrogens with one attached hydrogen (secondary N) is 4. The van der Waals surface area contributed by atoms with Gasteiger partial charge in [0.2, 0.25) is 17.7 Å². The Bertz CT molecular complexity index is 1450. The number of ether oxygens (including phenoxy) is 1. The average Bonchev–Trinajstić information content (AvgIpc) is 3.10. The van der Waals surface area contributed by atoms with Gasteiger partial charge >= 0.3 is 6.09 Å². The van der Waals surface area contributed by atoms with Crippen LogP contribution >= 0.6 is 0 Å². The highest BCUT2D eigenvalue weighted by Crippen LogP contribution is 2.36. The van der Waals surface area contributed by atoms with Crippen LogP contribution < -0.4 is 21.3 Å². The molecule has 0 radical (unpaired) electrons. The molecule has 1 atom stereocenters. The topological polar surface area (TPSA) is 126 Å². The van der Waals surface area contributed by atoms with Crippen LogP contribution in [0.3, 0.4) is 0 Å². The first-order chi connectivity index (χ1) is 22.4. The van der Waals surface area contributed by atoms with E-state index in [4.69, 9.17) is 0 Å². The highest BCUT2D eigenvalue weighted by Gasteiger charge is 2.38. The van der Waals surface area contributed by atoms with E-state index in [9.17, 15) is 19.2 Å². The molecule has 0 saturated carbocycles. The number of hydrogen-bond acceptors (Lipinski definition) is 5. The van der Waals surface area contributed by atoms with Crippen molar-refractivity contribution < 1.29 is 23.9 Å². The van der Waals surface area contributed by atoms with E-state index in [2.05, 4.69) is 26.0 Å². The SMILES string of the molecule is COC(=O)NCCNC(=O)C(CC(=O)NC(c1ccccc1)(c1ccccc1)c1ccccc1)NC(=O)CCCc1ccccc1. The maximum atomic E-state index is 14.0. The van der Waals surface area contributed by atoms with E-state index in [1.165, 1.54) is 7.11 Å². The van der Waals surface area contributed by atoms with Crippen LogP contribution in [0.5, 0.6) is 0 Å². The van der Waals surface area contributed by atoms with Crippen molar-refractivity contribution in [3.63, 3.8) is 0 Å². The zero-order chi connectivity index (χ0) is 32.6. The standard InChI is InChI=1S/C37H40N4O5/c1-46-36(45)39-26-25-38-35(44)32(40-33(42)24-14-17-28-15-6-2-7-16-28)27-34(43)41-37(29-18-8-3-9-19-29,30-20-10-4-11-21-30)31-22-12-5-13-23-31/h2-13,15-16,18-23,32H,14,17,24-27H2,1H3,(H,38,44)(H,39,45)(H,40,42)(H,41,43). The number of alkyl carbamates (subject to hydrolysis) is 1. The van der Waals surface area contributed by atoms with Crippen LogP contribution in [-0.2, 0) is 31.1 Å². The Morgan fingerprint density at radius 1 is 0.652 bits per heavy atom. The number of carbonyl (C=O) groups excluding carboxylic acids is 4. The molecule has 0 heterocycles. The minimum atomic E-state index is -1.15. The lowest BCUT2D eigenvalue weighted by Crippen LogP contribution is -2.53. The summed E-state index contributed by atoms with van der Waals surface area (Å²) in [7, 11) is 1.25. The van der Waals surface area contributed by atoms with Gasteiger partial charge < -0.3 is 26.0 Å². The zero-order valence-electron chi connectivity index (χ0n) is 25.9. The molecule has 0 aliphatic heterocycles. The lowest BCUT2D eigenvalue weighted by atomic mass is 9.77. The Kier molecular flexibility index (Phi) is 12.5. The number of methoxy groups -OCH3 is 1. The zero-order valence-corrected chi connectivity index (χ0v) is 25.9. The summed E-state index contributed by atoms with van der Waals surface area (Å²) >= 11 is 0. The van der Waals surface area contributed by atoms with Crippen LogP contribution in [0.1, 0.15) is 41.5 Å². The molecule has 0 fully saturated rings. The molecular weight excluding hydrogens is 580 g/mol. The van der Waals surface area contributed by atoms with Crippen molar-refractivity contribution in [2.75, 3.05) is 20.2 Å². The molecular formula is C37H40N4O5. The maximum absolute atomic E-state index is 14.0. The lowest BCUT2D eigenvalue weighted by molar-refractivity contribution is -0.132. The number of benzene rings is 4. The first kappa shape index (κ1) is 33.5. The molecule has 9 nitrogen and oxygen atoms in total. The van der Waals surface area contributed by atoms with E-state index in [0.717, 1.165) is 22.3 Å². The summed E-state index contributed by atoms with van der Waals surface area (Å²) in [5.74, 6) is -1.31. The molecule has 0 aliphatic rings. The number of rotatable bonds is 15. The third-order valence-corrected chi connectivity index (χ3v) is 7.58. The summed E-state index contributed by atoms with van der Waals surface area (Å²) in [6.45, 7) is 0.194. The van der Waals surface area contributed by atoms with Crippen LogP contribution in [0, 0.1) is 0 Å². The van der Waals surface area contributed by atoms with Crippen molar-refractivity contribution in [3.05, 3.63) is 144 Å². The summed E-state index contributed by atoms with van der Waals surface area (Å²) in [5.41, 5.74) is 2.54. The Morgan fingerprint density at radius 2 is 1.13 bits per heavy atom. The van der Waals surface area contributed by atoms with E-state index in [-0.39, 0.29) is 31.8 Å². The van der Waals surface area contributed by atoms with E-state index in [1.807, 2.05) is 121 Å². The van der Waals surface area contributed by atoms with Gasteiger partial charge in [-0.05, 0) is 35.1 Å². The molecule has 4 aromatic rings. The van der Waals surface area contributed by atoms with Gasteiger partial charge in [0.1, 0.15) is 11.6 Å². The highest BCUT2D eigenvalue weighted by atomic mass is 16.5. The summed E-state index contributed by atoms with van der Waals surface area (Å²) in [5, 5.41) is 11.2. The van der Waals surface area contributed by atoms with E-state index in [1.54, 1.807) is 0 Å². The molecule has 0 spiro atoms. The molecule has 9 heteroatoms. The molecule has 4 N–H and O–H groups in total. The van der Waals surface area contributed by atoms with Crippen LogP contribution in [0.2, 0.25) is 0 Å². The Labute approximate surface area is 269 Å². The molecule has 0 aliphatic carbocycles. The third kappa shape index (κ3) is 9.28. The van der Waals surface area contributed by atoms with Gasteiger partial charge in [0.25, 0.3) is 0 Å². The summed E-state index contributed by atoms with van der Waals surface area (Å²) in [6.07, 6.45) is 0.536. The molecule has 0 bridgehead atoms. The maximum Gasteiger partial charge on any atom is 0.406 e. The van der Waals surface area contributed by atoms with Gasteiger partial charge in [0, 0.05) is 19.5 Å². The summed E-state index contributed by atoms with van der Waals surface area (Å²) < 4.78 is 4.56. The van der Waals surface area contributed by atoms with Gasteiger partial charge in [-0.3, -0.25) is 14.4 Å². The fourth-order valence-corrected chi connectivity index (χ4v) is 5.35. The first-order valence-electron chi connectivity index (χ1n) is 15.3. The molecule has 4 rings (SSSR count). The van der Waals surface area contributed by atoms with Crippen molar-refractivity contribution in [1.29, 1.82) is 0 Å². The Morgan fingerprint density at radius 3 is 1.63 bits per heavy atom. The first-order valence-corrected chi connectivity index (χ1v) is 15.3. The van der Waals surface area contributed by atoms with Gasteiger partial charge in [0.05, 0.1) is 13.5 Å². The number of carbonyl (C=O) groups is 4. The van der Waals surface area contributed by atoms with Crippen LogP contribution in [0.25, 0.3) is 0 Å². The fourth-order valence-electron chi connectivity index (χ4n) is 5.35. The number of aryl methyl sites for hydroxylation is 1. The second-order valence-electron chi connectivity index (χ2n) is 10.8. The van der Waals surface area contributed by atoms with Gasteiger partial charge in [0.15, 0.2) is 0 Å². The van der Waals surface area contributed by atoms with E-state index < -0.39 is 29.5 Å². The van der Waals surface area contributed by atoms with Crippen molar-refractivity contribution in [2.24, 2.45) is 0 Å². The number of amides is 4. The smallest absolute Gasteiger partial charge is 0.406 e. The average molecular weight is 621 g/mol. The molecule has 1 unspecified atom stereocenters. The normalized spacial score (nSPS) is 11.5. The van der Waals surface area contributed by atoms with Crippen molar-refractivity contribution in [3.8, 4) is 0 Å². The molecule has 238 valence electrons. The predicted octanol–water partition coefficient (Wildman–Crippen LogP) is 4.46. The monoisotopic (exact) mass is 620 g/mol. The molecule has 4 amide bonds. The second-order valence-corrected chi connectivity index (χ2v) is 10.8. The lowest BCUT2D eigenvalue weighted by Gasteiger charge is -2.37. The Hall–Kier alpha value is -5.44. The van der Waals surface area contributed by atoms with Crippen molar-refractivity contribution in [2.45, 2.75) is 37.3 Å². The minimum Gasteiger partial charge on any atom is -0.453 e. The molecule has 46 heavy (non-hydrogen) atoms.